The lowest BCUT2D eigenvalue weighted by Crippen LogP contribution is -2.26. The maximum absolute atomic E-state index is 12.2. The standard InChI is InChI=1S/C21H26IN3O/c1-20(2,3)12-18(26)23-17-11-10-16-19(24-17)21(4,22)14-25(16)13-15-8-6-5-7-9-15/h5-11H,12-14H2,1-4H3,(H,23,24,26). The lowest BCUT2D eigenvalue weighted by atomic mass is 9.92. The van der Waals surface area contributed by atoms with Crippen LogP contribution in [0.1, 0.15) is 45.4 Å². The lowest BCUT2D eigenvalue weighted by molar-refractivity contribution is -0.117. The first kappa shape index (κ1) is 19.1. The van der Waals surface area contributed by atoms with Crippen molar-refractivity contribution in [3.8, 4) is 0 Å². The fourth-order valence-corrected chi connectivity index (χ4v) is 4.10. The zero-order valence-corrected chi connectivity index (χ0v) is 18.0. The van der Waals surface area contributed by atoms with Gasteiger partial charge in [0.05, 0.1) is 14.8 Å². The molecule has 0 radical (unpaired) electrons. The summed E-state index contributed by atoms with van der Waals surface area (Å²) in [5.41, 5.74) is 3.45. The zero-order chi connectivity index (χ0) is 18.9. The molecule has 3 rings (SSSR count). The van der Waals surface area contributed by atoms with Crippen LogP contribution in [0.15, 0.2) is 42.5 Å². The van der Waals surface area contributed by atoms with Crippen LogP contribution < -0.4 is 10.2 Å². The monoisotopic (exact) mass is 463 g/mol. The first-order chi connectivity index (χ1) is 12.1. The van der Waals surface area contributed by atoms with Gasteiger partial charge in [0.25, 0.3) is 0 Å². The van der Waals surface area contributed by atoms with E-state index in [4.69, 9.17) is 4.98 Å². The van der Waals surface area contributed by atoms with E-state index in [2.05, 4.69) is 90.8 Å². The Kier molecular flexibility index (Phi) is 5.28. The van der Waals surface area contributed by atoms with Crippen LogP contribution in [0.3, 0.4) is 0 Å². The summed E-state index contributed by atoms with van der Waals surface area (Å²) in [6.45, 7) is 10.2. The fourth-order valence-electron chi connectivity index (χ4n) is 3.29. The quantitative estimate of drug-likeness (QED) is 0.506. The maximum Gasteiger partial charge on any atom is 0.226 e. The fraction of sp³-hybridized carbons (Fsp3) is 0.429. The molecule has 1 aliphatic rings. The van der Waals surface area contributed by atoms with E-state index in [1.165, 1.54) is 5.56 Å². The van der Waals surface area contributed by atoms with Gasteiger partial charge in [-0.1, -0.05) is 73.7 Å². The number of halogens is 1. The van der Waals surface area contributed by atoms with Gasteiger partial charge in [-0.05, 0) is 30.0 Å². The molecule has 0 fully saturated rings. The number of pyridine rings is 1. The van der Waals surface area contributed by atoms with Gasteiger partial charge in [0.1, 0.15) is 5.82 Å². The van der Waals surface area contributed by atoms with Gasteiger partial charge in [0.2, 0.25) is 5.91 Å². The van der Waals surface area contributed by atoms with Gasteiger partial charge in [-0.25, -0.2) is 4.98 Å². The second-order valence-electron chi connectivity index (χ2n) is 8.39. The number of hydrogen-bond acceptors (Lipinski definition) is 3. The smallest absolute Gasteiger partial charge is 0.226 e. The van der Waals surface area contributed by atoms with Crippen molar-refractivity contribution in [3.63, 3.8) is 0 Å². The number of aromatic nitrogens is 1. The van der Waals surface area contributed by atoms with Crippen molar-refractivity contribution in [1.82, 2.24) is 4.98 Å². The molecule has 1 aromatic carbocycles. The lowest BCUT2D eigenvalue weighted by Gasteiger charge is -2.21. The van der Waals surface area contributed by atoms with Crippen LogP contribution in [-0.4, -0.2) is 17.4 Å². The number of carbonyl (C=O) groups excluding carboxylic acids is 1. The molecule has 1 aliphatic heterocycles. The highest BCUT2D eigenvalue weighted by Crippen LogP contribution is 2.45. The van der Waals surface area contributed by atoms with E-state index in [-0.39, 0.29) is 14.7 Å². The summed E-state index contributed by atoms with van der Waals surface area (Å²) >= 11 is 2.47. The van der Waals surface area contributed by atoms with Crippen LogP contribution in [0.2, 0.25) is 0 Å². The van der Waals surface area contributed by atoms with E-state index in [1.54, 1.807) is 0 Å². The molecule has 1 atom stereocenters. The van der Waals surface area contributed by atoms with Gasteiger partial charge in [-0.15, -0.1) is 0 Å². The highest BCUT2D eigenvalue weighted by Gasteiger charge is 2.38. The van der Waals surface area contributed by atoms with Gasteiger partial charge in [0.15, 0.2) is 0 Å². The zero-order valence-electron chi connectivity index (χ0n) is 15.8. The Labute approximate surface area is 169 Å². The number of hydrogen-bond donors (Lipinski definition) is 1. The first-order valence-corrected chi connectivity index (χ1v) is 10.0. The summed E-state index contributed by atoms with van der Waals surface area (Å²) in [6.07, 6.45) is 0.480. The van der Waals surface area contributed by atoms with Crippen molar-refractivity contribution in [2.24, 2.45) is 5.41 Å². The summed E-state index contributed by atoms with van der Waals surface area (Å²) in [5, 5.41) is 2.96. The molecule has 0 saturated carbocycles. The predicted molar refractivity (Wildman–Crippen MR) is 116 cm³/mol. The summed E-state index contributed by atoms with van der Waals surface area (Å²) in [7, 11) is 0. The molecule has 1 aromatic heterocycles. The molecule has 2 aromatic rings. The molecule has 138 valence electrons. The largest absolute Gasteiger partial charge is 0.364 e. The molecule has 5 heteroatoms. The Morgan fingerprint density at radius 1 is 1.23 bits per heavy atom. The van der Waals surface area contributed by atoms with Crippen LogP contribution in [0.4, 0.5) is 11.5 Å². The highest BCUT2D eigenvalue weighted by molar-refractivity contribution is 14.1. The van der Waals surface area contributed by atoms with Crippen molar-refractivity contribution < 1.29 is 4.79 Å². The van der Waals surface area contributed by atoms with E-state index in [0.29, 0.717) is 12.2 Å². The Hall–Kier alpha value is -1.63. The number of benzene rings is 1. The van der Waals surface area contributed by atoms with E-state index < -0.39 is 0 Å². The van der Waals surface area contributed by atoms with Gasteiger partial charge in [-0.2, -0.15) is 0 Å². The van der Waals surface area contributed by atoms with Crippen LogP contribution in [0.25, 0.3) is 0 Å². The van der Waals surface area contributed by atoms with Crippen molar-refractivity contribution >= 4 is 40.0 Å². The number of rotatable bonds is 4. The van der Waals surface area contributed by atoms with Crippen LogP contribution in [0.5, 0.6) is 0 Å². The number of anilines is 2. The molecule has 0 spiro atoms. The van der Waals surface area contributed by atoms with E-state index in [0.717, 1.165) is 24.5 Å². The molecule has 0 aliphatic carbocycles. The average molecular weight is 463 g/mol. The second-order valence-corrected chi connectivity index (χ2v) is 10.8. The molecule has 1 N–H and O–H groups in total. The minimum Gasteiger partial charge on any atom is -0.364 e. The highest BCUT2D eigenvalue weighted by atomic mass is 127. The van der Waals surface area contributed by atoms with Gasteiger partial charge >= 0.3 is 0 Å². The van der Waals surface area contributed by atoms with Crippen molar-refractivity contribution in [3.05, 3.63) is 53.7 Å². The van der Waals surface area contributed by atoms with Gasteiger partial charge < -0.3 is 10.2 Å². The molecule has 0 bridgehead atoms. The van der Waals surface area contributed by atoms with Crippen molar-refractivity contribution in [1.29, 1.82) is 0 Å². The SMILES string of the molecule is CC(C)(C)CC(=O)Nc1ccc2c(n1)C(C)(I)CN2Cc1ccccc1. The third-order valence-electron chi connectivity index (χ3n) is 4.37. The summed E-state index contributed by atoms with van der Waals surface area (Å²) in [6, 6.07) is 14.5. The minimum absolute atomic E-state index is 0.0132. The normalized spacial score (nSPS) is 19.3. The number of carbonyl (C=O) groups is 1. The Morgan fingerprint density at radius 3 is 2.58 bits per heavy atom. The van der Waals surface area contributed by atoms with Crippen molar-refractivity contribution in [2.45, 2.75) is 44.1 Å². The number of amides is 1. The van der Waals surface area contributed by atoms with E-state index >= 15 is 0 Å². The maximum atomic E-state index is 12.2. The summed E-state index contributed by atoms with van der Waals surface area (Å²) < 4.78 is -0.0767. The molecule has 4 nitrogen and oxygen atoms in total. The average Bonchev–Trinajstić information content (AvgIpc) is 2.77. The van der Waals surface area contributed by atoms with E-state index in [1.807, 2.05) is 12.1 Å². The topological polar surface area (TPSA) is 45.2 Å². The Balaban J connectivity index is 1.80. The molecule has 1 amide bonds. The van der Waals surface area contributed by atoms with Crippen LogP contribution in [-0.2, 0) is 14.8 Å². The van der Waals surface area contributed by atoms with Gasteiger partial charge in [0, 0.05) is 19.5 Å². The number of nitrogens with one attached hydrogen (secondary N) is 1. The predicted octanol–water partition coefficient (Wildman–Crippen LogP) is 5.13. The molecular weight excluding hydrogens is 437 g/mol. The first-order valence-electron chi connectivity index (χ1n) is 8.93. The van der Waals surface area contributed by atoms with Crippen molar-refractivity contribution in [2.75, 3.05) is 16.8 Å². The molecule has 2 heterocycles. The van der Waals surface area contributed by atoms with Gasteiger partial charge in [-0.3, -0.25) is 4.79 Å². The summed E-state index contributed by atoms with van der Waals surface area (Å²) in [4.78, 5) is 19.4. The number of nitrogens with zero attached hydrogens (tertiary/aromatic N) is 2. The molecular formula is C21H26IN3O. The number of fused-ring (bicyclic) bond motifs is 1. The Morgan fingerprint density at radius 2 is 1.92 bits per heavy atom. The molecule has 1 unspecified atom stereocenters. The Bertz CT molecular complexity index is 797. The van der Waals surface area contributed by atoms with E-state index in [9.17, 15) is 4.79 Å². The molecule has 0 saturated heterocycles. The minimum atomic E-state index is -0.0767. The third kappa shape index (κ3) is 4.55. The molecule has 26 heavy (non-hydrogen) atoms. The third-order valence-corrected chi connectivity index (χ3v) is 5.22. The van der Waals surface area contributed by atoms with Crippen LogP contribution >= 0.6 is 22.6 Å². The van der Waals surface area contributed by atoms with Crippen LogP contribution in [0, 0.1) is 5.41 Å². The summed E-state index contributed by atoms with van der Waals surface area (Å²) in [5.74, 6) is 0.654. The second kappa shape index (κ2) is 7.18. The number of alkyl halides is 1.